The molecule has 0 spiro atoms. The van der Waals surface area contributed by atoms with Crippen molar-refractivity contribution >= 4 is 17.5 Å². The molecule has 2 aliphatic rings. The monoisotopic (exact) mass is 355 g/mol. The largest absolute Gasteiger partial charge is 0.454 e. The van der Waals surface area contributed by atoms with Gasteiger partial charge in [-0.3, -0.25) is 4.79 Å². The Bertz CT molecular complexity index is 834. The molecule has 0 unspecified atom stereocenters. The Morgan fingerprint density at radius 2 is 1.92 bits per heavy atom. The van der Waals surface area contributed by atoms with Gasteiger partial charge >= 0.3 is 0 Å². The van der Waals surface area contributed by atoms with Gasteiger partial charge in [0.1, 0.15) is 0 Å². The molecule has 1 saturated heterocycles. The first-order valence-electron chi connectivity index (χ1n) is 8.58. The SMILES string of the molecule is Cc1nc(N2CCN(C)CC2)ncc1C(=O)Nc1ccc2c(c1)OCO2. The molecule has 0 atom stereocenters. The van der Waals surface area contributed by atoms with Gasteiger partial charge in [0.2, 0.25) is 12.7 Å². The zero-order valence-electron chi connectivity index (χ0n) is 14.9. The maximum absolute atomic E-state index is 12.6. The van der Waals surface area contributed by atoms with E-state index in [1.807, 2.05) is 6.92 Å². The summed E-state index contributed by atoms with van der Waals surface area (Å²) in [6, 6.07) is 5.30. The third-order valence-corrected chi connectivity index (χ3v) is 4.63. The number of ether oxygens (including phenoxy) is 2. The molecule has 0 aliphatic carbocycles. The van der Waals surface area contributed by atoms with Gasteiger partial charge in [-0.25, -0.2) is 9.97 Å². The second-order valence-electron chi connectivity index (χ2n) is 6.48. The Kier molecular flexibility index (Phi) is 4.34. The number of fused-ring (bicyclic) bond motifs is 1. The molecule has 0 bridgehead atoms. The Hall–Kier alpha value is -2.87. The fourth-order valence-corrected chi connectivity index (χ4v) is 3.01. The Morgan fingerprint density at radius 1 is 1.15 bits per heavy atom. The third-order valence-electron chi connectivity index (χ3n) is 4.63. The average Bonchev–Trinajstić information content (AvgIpc) is 3.10. The fraction of sp³-hybridized carbons (Fsp3) is 0.389. The molecule has 3 heterocycles. The number of nitrogens with zero attached hydrogens (tertiary/aromatic N) is 4. The van der Waals surface area contributed by atoms with Crippen molar-refractivity contribution in [3.8, 4) is 11.5 Å². The van der Waals surface area contributed by atoms with Crippen LogP contribution in [-0.2, 0) is 0 Å². The van der Waals surface area contributed by atoms with E-state index >= 15 is 0 Å². The highest BCUT2D eigenvalue weighted by atomic mass is 16.7. The molecule has 1 aromatic carbocycles. The summed E-state index contributed by atoms with van der Waals surface area (Å²) < 4.78 is 10.6. The number of hydrogen-bond donors (Lipinski definition) is 1. The first kappa shape index (κ1) is 16.6. The number of piperazine rings is 1. The number of rotatable bonds is 3. The number of carbonyl (C=O) groups is 1. The smallest absolute Gasteiger partial charge is 0.259 e. The highest BCUT2D eigenvalue weighted by Crippen LogP contribution is 2.34. The number of benzene rings is 1. The second-order valence-corrected chi connectivity index (χ2v) is 6.48. The van der Waals surface area contributed by atoms with Crippen LogP contribution in [0.4, 0.5) is 11.6 Å². The lowest BCUT2D eigenvalue weighted by molar-refractivity contribution is 0.102. The molecule has 2 aliphatic heterocycles. The van der Waals surface area contributed by atoms with Crippen molar-refractivity contribution in [2.45, 2.75) is 6.92 Å². The van der Waals surface area contributed by atoms with Crippen molar-refractivity contribution in [3.05, 3.63) is 35.7 Å². The van der Waals surface area contributed by atoms with E-state index in [0.29, 0.717) is 34.4 Å². The van der Waals surface area contributed by atoms with Crippen LogP contribution in [0.15, 0.2) is 24.4 Å². The van der Waals surface area contributed by atoms with Crippen molar-refractivity contribution in [3.63, 3.8) is 0 Å². The minimum atomic E-state index is -0.244. The number of hydrogen-bond acceptors (Lipinski definition) is 7. The van der Waals surface area contributed by atoms with Crippen molar-refractivity contribution in [2.24, 2.45) is 0 Å². The van der Waals surface area contributed by atoms with E-state index in [-0.39, 0.29) is 12.7 Å². The van der Waals surface area contributed by atoms with Gasteiger partial charge in [-0.05, 0) is 26.1 Å². The summed E-state index contributed by atoms with van der Waals surface area (Å²) in [7, 11) is 2.10. The van der Waals surface area contributed by atoms with Gasteiger partial charge in [0.05, 0.1) is 11.3 Å². The van der Waals surface area contributed by atoms with Crippen LogP contribution in [0.5, 0.6) is 11.5 Å². The van der Waals surface area contributed by atoms with Gasteiger partial charge < -0.3 is 24.6 Å². The summed E-state index contributed by atoms with van der Waals surface area (Å²) in [6.07, 6.45) is 1.60. The standard InChI is InChI=1S/C18H21N5O3/c1-12-14(10-19-18(20-12)23-7-5-22(2)6-8-23)17(24)21-13-3-4-15-16(9-13)26-11-25-15/h3-4,9-10H,5-8,11H2,1-2H3,(H,21,24). The van der Waals surface area contributed by atoms with Gasteiger partial charge in [0.15, 0.2) is 11.5 Å². The molecule has 8 nitrogen and oxygen atoms in total. The lowest BCUT2D eigenvalue weighted by Gasteiger charge is -2.32. The van der Waals surface area contributed by atoms with Crippen LogP contribution in [0.2, 0.25) is 0 Å². The van der Waals surface area contributed by atoms with Crippen molar-refractivity contribution in [1.29, 1.82) is 0 Å². The summed E-state index contributed by atoms with van der Waals surface area (Å²) in [5.41, 5.74) is 1.76. The van der Waals surface area contributed by atoms with Gasteiger partial charge in [0.25, 0.3) is 5.91 Å². The Labute approximate surface area is 151 Å². The van der Waals surface area contributed by atoms with E-state index in [1.54, 1.807) is 24.4 Å². The summed E-state index contributed by atoms with van der Waals surface area (Å²) in [4.78, 5) is 25.9. The minimum Gasteiger partial charge on any atom is -0.454 e. The minimum absolute atomic E-state index is 0.202. The molecule has 2 aromatic rings. The molecule has 26 heavy (non-hydrogen) atoms. The normalized spacial score (nSPS) is 16.6. The number of amides is 1. The second kappa shape index (κ2) is 6.80. The predicted molar refractivity (Wildman–Crippen MR) is 97.0 cm³/mol. The van der Waals surface area contributed by atoms with Crippen molar-refractivity contribution < 1.29 is 14.3 Å². The molecule has 4 rings (SSSR count). The quantitative estimate of drug-likeness (QED) is 0.894. The van der Waals surface area contributed by atoms with Crippen LogP contribution in [0.3, 0.4) is 0 Å². The van der Waals surface area contributed by atoms with E-state index in [2.05, 4.69) is 32.1 Å². The van der Waals surface area contributed by atoms with Crippen molar-refractivity contribution in [2.75, 3.05) is 50.2 Å². The van der Waals surface area contributed by atoms with Crippen molar-refractivity contribution in [1.82, 2.24) is 14.9 Å². The summed E-state index contributed by atoms with van der Waals surface area (Å²) >= 11 is 0. The molecule has 1 fully saturated rings. The van der Waals surface area contributed by atoms with Gasteiger partial charge in [-0.1, -0.05) is 0 Å². The van der Waals surface area contributed by atoms with Crippen LogP contribution in [0.1, 0.15) is 16.1 Å². The highest BCUT2D eigenvalue weighted by Gasteiger charge is 2.19. The average molecular weight is 355 g/mol. The maximum Gasteiger partial charge on any atom is 0.259 e. The molecule has 1 amide bonds. The number of nitrogens with one attached hydrogen (secondary N) is 1. The summed E-state index contributed by atoms with van der Waals surface area (Å²) in [6.45, 7) is 5.77. The number of anilines is 2. The van der Waals surface area contributed by atoms with Crippen LogP contribution < -0.4 is 19.7 Å². The highest BCUT2D eigenvalue weighted by molar-refractivity contribution is 6.05. The van der Waals surface area contributed by atoms with E-state index in [4.69, 9.17) is 9.47 Å². The first-order chi connectivity index (χ1) is 12.6. The lowest BCUT2D eigenvalue weighted by Crippen LogP contribution is -2.45. The molecular formula is C18H21N5O3. The molecule has 0 radical (unpaired) electrons. The van der Waals surface area contributed by atoms with Crippen LogP contribution in [-0.4, -0.2) is 60.8 Å². The topological polar surface area (TPSA) is 79.8 Å². The first-order valence-corrected chi connectivity index (χ1v) is 8.58. The molecule has 8 heteroatoms. The molecular weight excluding hydrogens is 334 g/mol. The van der Waals surface area contributed by atoms with E-state index in [0.717, 1.165) is 26.2 Å². The zero-order chi connectivity index (χ0) is 18.1. The number of aryl methyl sites for hydroxylation is 1. The van der Waals surface area contributed by atoms with E-state index in [9.17, 15) is 4.79 Å². The van der Waals surface area contributed by atoms with Crippen LogP contribution in [0.25, 0.3) is 0 Å². The number of likely N-dealkylation sites (N-methyl/N-ethyl adjacent to an activating group) is 1. The Morgan fingerprint density at radius 3 is 2.69 bits per heavy atom. The number of carbonyl (C=O) groups excluding carboxylic acids is 1. The summed E-state index contributed by atoms with van der Waals surface area (Å²) in [5.74, 6) is 1.74. The Balaban J connectivity index is 1.48. The third kappa shape index (κ3) is 3.28. The van der Waals surface area contributed by atoms with Crippen LogP contribution in [0, 0.1) is 6.92 Å². The van der Waals surface area contributed by atoms with Crippen LogP contribution >= 0.6 is 0 Å². The molecule has 0 saturated carbocycles. The molecule has 1 aromatic heterocycles. The van der Waals surface area contributed by atoms with E-state index < -0.39 is 0 Å². The van der Waals surface area contributed by atoms with E-state index in [1.165, 1.54) is 0 Å². The maximum atomic E-state index is 12.6. The summed E-state index contributed by atoms with van der Waals surface area (Å²) in [5, 5.41) is 2.86. The number of aromatic nitrogens is 2. The predicted octanol–water partition coefficient (Wildman–Crippen LogP) is 1.52. The fourth-order valence-electron chi connectivity index (χ4n) is 3.01. The van der Waals surface area contributed by atoms with Gasteiger partial charge in [-0.15, -0.1) is 0 Å². The zero-order valence-corrected chi connectivity index (χ0v) is 14.9. The molecule has 136 valence electrons. The van der Waals surface area contributed by atoms with Gasteiger partial charge in [0, 0.05) is 44.1 Å². The van der Waals surface area contributed by atoms with Gasteiger partial charge in [-0.2, -0.15) is 0 Å². The lowest BCUT2D eigenvalue weighted by atomic mass is 10.2. The molecule has 1 N–H and O–H groups in total.